The van der Waals surface area contributed by atoms with Crippen LogP contribution in [0.25, 0.3) is 0 Å². The van der Waals surface area contributed by atoms with Gasteiger partial charge in [-0.3, -0.25) is 4.79 Å². The summed E-state index contributed by atoms with van der Waals surface area (Å²) in [6.07, 6.45) is 0. The number of anilines is 1. The number of halogens is 3. The standard InChI is InChI=1S/C12H8Br2FNOS/c1-6-4-10(18-11(6)14)12(17)16-9-5-7(13)2-3-8(9)15/h2-5H,1H3,(H,16,17). The summed E-state index contributed by atoms with van der Waals surface area (Å²) in [5.74, 6) is -0.773. The van der Waals surface area contributed by atoms with Crippen LogP contribution in [-0.2, 0) is 0 Å². The average molecular weight is 393 g/mol. The van der Waals surface area contributed by atoms with Crippen LogP contribution < -0.4 is 5.32 Å². The molecule has 0 unspecified atom stereocenters. The lowest BCUT2D eigenvalue weighted by molar-refractivity contribution is 0.103. The lowest BCUT2D eigenvalue weighted by Gasteiger charge is -2.05. The molecule has 0 aliphatic heterocycles. The Morgan fingerprint density at radius 3 is 2.67 bits per heavy atom. The number of amides is 1. The van der Waals surface area contributed by atoms with Crippen molar-refractivity contribution in [1.29, 1.82) is 0 Å². The van der Waals surface area contributed by atoms with Crippen molar-refractivity contribution in [2.75, 3.05) is 5.32 Å². The molecule has 1 N–H and O–H groups in total. The Hall–Kier alpha value is -0.720. The maximum absolute atomic E-state index is 13.5. The number of nitrogens with one attached hydrogen (secondary N) is 1. The second-order valence-corrected chi connectivity index (χ2v) is 6.93. The third-order valence-electron chi connectivity index (χ3n) is 2.26. The minimum Gasteiger partial charge on any atom is -0.319 e. The Labute approximate surface area is 124 Å². The first kappa shape index (κ1) is 13.7. The van der Waals surface area contributed by atoms with E-state index in [2.05, 4.69) is 37.2 Å². The zero-order chi connectivity index (χ0) is 13.3. The summed E-state index contributed by atoms with van der Waals surface area (Å²) < 4.78 is 15.1. The van der Waals surface area contributed by atoms with Crippen molar-refractivity contribution in [2.45, 2.75) is 6.92 Å². The highest BCUT2D eigenvalue weighted by atomic mass is 79.9. The lowest BCUT2D eigenvalue weighted by Crippen LogP contribution is -2.11. The number of hydrogen-bond donors (Lipinski definition) is 1. The first-order chi connectivity index (χ1) is 8.47. The van der Waals surface area contributed by atoms with Gasteiger partial charge in [-0.2, -0.15) is 0 Å². The molecule has 0 radical (unpaired) electrons. The highest BCUT2D eigenvalue weighted by Gasteiger charge is 2.13. The van der Waals surface area contributed by atoms with Gasteiger partial charge in [0.25, 0.3) is 5.91 Å². The van der Waals surface area contributed by atoms with Gasteiger partial charge in [-0.25, -0.2) is 4.39 Å². The second-order valence-electron chi connectivity index (χ2n) is 3.65. The van der Waals surface area contributed by atoms with E-state index in [0.717, 1.165) is 9.35 Å². The Morgan fingerprint density at radius 1 is 1.33 bits per heavy atom. The fraction of sp³-hybridized carbons (Fsp3) is 0.0833. The van der Waals surface area contributed by atoms with Gasteiger partial charge in [-0.1, -0.05) is 15.9 Å². The predicted octanol–water partition coefficient (Wildman–Crippen LogP) is 4.97. The largest absolute Gasteiger partial charge is 0.319 e. The third-order valence-corrected chi connectivity index (χ3v) is 4.89. The van der Waals surface area contributed by atoms with E-state index < -0.39 is 5.82 Å². The first-order valence-electron chi connectivity index (χ1n) is 4.99. The van der Waals surface area contributed by atoms with E-state index in [0.29, 0.717) is 9.35 Å². The molecule has 0 aliphatic carbocycles. The highest BCUT2D eigenvalue weighted by Crippen LogP contribution is 2.28. The SMILES string of the molecule is Cc1cc(C(=O)Nc2cc(Br)ccc2F)sc1Br. The topological polar surface area (TPSA) is 29.1 Å². The molecular formula is C12H8Br2FNOS. The van der Waals surface area contributed by atoms with Gasteiger partial charge < -0.3 is 5.32 Å². The molecule has 0 atom stereocenters. The van der Waals surface area contributed by atoms with Crippen LogP contribution in [-0.4, -0.2) is 5.91 Å². The van der Waals surface area contributed by atoms with Crippen LogP contribution in [0.5, 0.6) is 0 Å². The van der Waals surface area contributed by atoms with Crippen molar-refractivity contribution in [1.82, 2.24) is 0 Å². The molecule has 0 fully saturated rings. The minimum atomic E-state index is -0.459. The van der Waals surface area contributed by atoms with Gasteiger partial charge in [0.15, 0.2) is 0 Å². The molecule has 0 aliphatic rings. The maximum Gasteiger partial charge on any atom is 0.265 e. The number of benzene rings is 1. The summed E-state index contributed by atoms with van der Waals surface area (Å²) in [4.78, 5) is 12.5. The Kier molecular flexibility index (Phi) is 4.19. The smallest absolute Gasteiger partial charge is 0.265 e. The quantitative estimate of drug-likeness (QED) is 0.767. The molecule has 1 aromatic carbocycles. The van der Waals surface area contributed by atoms with E-state index in [1.165, 1.54) is 23.5 Å². The fourth-order valence-electron chi connectivity index (χ4n) is 1.35. The van der Waals surface area contributed by atoms with Gasteiger partial charge in [0, 0.05) is 4.47 Å². The van der Waals surface area contributed by atoms with E-state index in [4.69, 9.17) is 0 Å². The molecule has 1 amide bonds. The molecule has 1 aromatic heterocycles. The second kappa shape index (κ2) is 5.50. The number of carbonyl (C=O) groups is 1. The summed E-state index contributed by atoms with van der Waals surface area (Å²) in [5, 5.41) is 2.55. The Morgan fingerprint density at radius 2 is 2.06 bits per heavy atom. The molecule has 2 nitrogen and oxygen atoms in total. The number of rotatable bonds is 2. The van der Waals surface area contributed by atoms with Crippen LogP contribution in [0.2, 0.25) is 0 Å². The van der Waals surface area contributed by atoms with Gasteiger partial charge in [-0.05, 0) is 52.7 Å². The van der Waals surface area contributed by atoms with E-state index in [1.807, 2.05) is 6.92 Å². The molecule has 94 valence electrons. The molecule has 2 rings (SSSR count). The van der Waals surface area contributed by atoms with Crippen LogP contribution in [0.1, 0.15) is 15.2 Å². The van der Waals surface area contributed by atoms with Crippen molar-refractivity contribution in [3.63, 3.8) is 0 Å². The predicted molar refractivity (Wildman–Crippen MR) is 78.8 cm³/mol. The number of hydrogen-bond acceptors (Lipinski definition) is 2. The van der Waals surface area contributed by atoms with Crippen molar-refractivity contribution >= 4 is 54.8 Å². The molecule has 0 spiro atoms. The zero-order valence-electron chi connectivity index (χ0n) is 9.26. The molecular weight excluding hydrogens is 385 g/mol. The fourth-order valence-corrected chi connectivity index (χ4v) is 3.14. The Bertz CT molecular complexity index is 593. The maximum atomic E-state index is 13.5. The molecule has 18 heavy (non-hydrogen) atoms. The minimum absolute atomic E-state index is 0.163. The number of thiophene rings is 1. The van der Waals surface area contributed by atoms with Gasteiger partial charge >= 0.3 is 0 Å². The van der Waals surface area contributed by atoms with Gasteiger partial charge in [-0.15, -0.1) is 11.3 Å². The molecule has 0 saturated heterocycles. The highest BCUT2D eigenvalue weighted by molar-refractivity contribution is 9.11. The van der Waals surface area contributed by atoms with E-state index in [9.17, 15) is 9.18 Å². The van der Waals surface area contributed by atoms with Gasteiger partial charge in [0.05, 0.1) is 14.4 Å². The zero-order valence-corrected chi connectivity index (χ0v) is 13.2. The van der Waals surface area contributed by atoms with Crippen molar-refractivity contribution in [3.8, 4) is 0 Å². The number of aryl methyl sites for hydroxylation is 1. The van der Waals surface area contributed by atoms with Crippen LogP contribution >= 0.6 is 43.2 Å². The molecule has 6 heteroatoms. The third kappa shape index (κ3) is 2.99. The summed E-state index contributed by atoms with van der Waals surface area (Å²) in [7, 11) is 0. The van der Waals surface area contributed by atoms with Crippen LogP contribution in [0.3, 0.4) is 0 Å². The molecule has 0 bridgehead atoms. The lowest BCUT2D eigenvalue weighted by atomic mass is 10.3. The van der Waals surface area contributed by atoms with Crippen LogP contribution in [0, 0.1) is 12.7 Å². The average Bonchev–Trinajstić information content (AvgIpc) is 2.64. The van der Waals surface area contributed by atoms with E-state index >= 15 is 0 Å². The van der Waals surface area contributed by atoms with Crippen LogP contribution in [0.15, 0.2) is 32.5 Å². The number of carbonyl (C=O) groups excluding carboxylic acids is 1. The van der Waals surface area contributed by atoms with Gasteiger partial charge in [0.2, 0.25) is 0 Å². The first-order valence-corrected chi connectivity index (χ1v) is 7.40. The Balaban J connectivity index is 2.23. The van der Waals surface area contributed by atoms with Crippen LogP contribution in [0.4, 0.5) is 10.1 Å². The van der Waals surface area contributed by atoms with Crippen molar-refractivity contribution in [3.05, 3.63) is 48.8 Å². The van der Waals surface area contributed by atoms with Crippen molar-refractivity contribution < 1.29 is 9.18 Å². The summed E-state index contributed by atoms with van der Waals surface area (Å²) in [6, 6.07) is 6.18. The summed E-state index contributed by atoms with van der Waals surface area (Å²) in [6.45, 7) is 1.90. The molecule has 1 heterocycles. The summed E-state index contributed by atoms with van der Waals surface area (Å²) in [5.41, 5.74) is 1.15. The molecule has 0 saturated carbocycles. The summed E-state index contributed by atoms with van der Waals surface area (Å²) >= 11 is 7.91. The molecule has 2 aromatic rings. The van der Waals surface area contributed by atoms with E-state index in [-0.39, 0.29) is 11.6 Å². The van der Waals surface area contributed by atoms with Gasteiger partial charge in [0.1, 0.15) is 5.82 Å². The monoisotopic (exact) mass is 391 g/mol. The van der Waals surface area contributed by atoms with Crippen molar-refractivity contribution in [2.24, 2.45) is 0 Å². The normalized spacial score (nSPS) is 10.4. The van der Waals surface area contributed by atoms with E-state index in [1.54, 1.807) is 12.1 Å².